The van der Waals surface area contributed by atoms with E-state index in [1.165, 1.54) is 190 Å². The number of amides is 2. The fourth-order valence-corrected chi connectivity index (χ4v) is 10.4. The lowest BCUT2D eigenvalue weighted by Crippen LogP contribution is -2.41. The van der Waals surface area contributed by atoms with Gasteiger partial charge in [0.15, 0.2) is 0 Å². The Kier molecular flexibility index (Phi) is 32.1. The summed E-state index contributed by atoms with van der Waals surface area (Å²) in [5.41, 5.74) is 0.606. The van der Waals surface area contributed by atoms with E-state index >= 15 is 0 Å². The van der Waals surface area contributed by atoms with Crippen molar-refractivity contribution in [3.8, 4) is 0 Å². The number of carbonyl (C=O) groups is 6. The molecule has 2 aliphatic carbocycles. The Hall–Kier alpha value is -3.61. The Balaban J connectivity index is 1.31. The van der Waals surface area contributed by atoms with Crippen molar-refractivity contribution in [2.45, 2.75) is 237 Å². The fraction of sp³-hybridized carbons (Fsp3) is 0.778. The SMILES string of the molecule is O=C(O)CCC(NC(=O)c1ccc(NC(=O)CCSCC(COC(=O)CCCCCCCCCCCC2CCCCC2)OC(=O)CCCCCCCCCCCC2CCCCC2)cc1)C(=O)O. The molecule has 2 amide bonds. The first kappa shape index (κ1) is 57.7. The molecule has 0 saturated heterocycles. The van der Waals surface area contributed by atoms with E-state index in [0.717, 1.165) is 50.4 Å². The molecule has 1 aromatic carbocycles. The number of nitrogens with one attached hydrogen (secondary N) is 2. The van der Waals surface area contributed by atoms with Gasteiger partial charge in [0.1, 0.15) is 18.8 Å². The normalized spacial score (nSPS) is 15.3. The molecular formula is C54H88N2O10S. The monoisotopic (exact) mass is 957 g/mol. The van der Waals surface area contributed by atoms with Crippen LogP contribution in [0.3, 0.4) is 0 Å². The van der Waals surface area contributed by atoms with Crippen LogP contribution < -0.4 is 10.6 Å². The molecule has 0 bridgehead atoms. The molecule has 2 saturated carbocycles. The highest BCUT2D eigenvalue weighted by atomic mass is 32.2. The number of benzene rings is 1. The Morgan fingerprint density at radius 1 is 0.582 bits per heavy atom. The summed E-state index contributed by atoms with van der Waals surface area (Å²) in [5, 5.41) is 23.3. The quantitative estimate of drug-likeness (QED) is 0.0363. The van der Waals surface area contributed by atoms with Crippen molar-refractivity contribution in [3.63, 3.8) is 0 Å². The molecule has 2 aliphatic rings. The van der Waals surface area contributed by atoms with Gasteiger partial charge in [0.05, 0.1) is 0 Å². The van der Waals surface area contributed by atoms with E-state index in [2.05, 4.69) is 10.6 Å². The summed E-state index contributed by atoms with van der Waals surface area (Å²) < 4.78 is 11.4. The molecule has 67 heavy (non-hydrogen) atoms. The second-order valence-electron chi connectivity index (χ2n) is 19.5. The van der Waals surface area contributed by atoms with Crippen LogP contribution in [0.25, 0.3) is 0 Å². The first-order valence-electron chi connectivity index (χ1n) is 26.7. The zero-order valence-electron chi connectivity index (χ0n) is 41.1. The second-order valence-corrected chi connectivity index (χ2v) is 20.6. The van der Waals surface area contributed by atoms with Gasteiger partial charge in [-0.15, -0.1) is 0 Å². The Morgan fingerprint density at radius 2 is 1.06 bits per heavy atom. The molecule has 0 aliphatic heterocycles. The highest BCUT2D eigenvalue weighted by Crippen LogP contribution is 2.29. The summed E-state index contributed by atoms with van der Waals surface area (Å²) in [5.74, 6) is -1.23. The average Bonchev–Trinajstić information content (AvgIpc) is 3.32. The molecule has 2 unspecified atom stereocenters. The van der Waals surface area contributed by atoms with Gasteiger partial charge in [0.25, 0.3) is 5.91 Å². The van der Waals surface area contributed by atoms with Gasteiger partial charge in [0, 0.05) is 48.4 Å². The molecule has 0 radical (unpaired) electrons. The third kappa shape index (κ3) is 29.8. The number of aliphatic carboxylic acids is 2. The predicted molar refractivity (Wildman–Crippen MR) is 268 cm³/mol. The van der Waals surface area contributed by atoms with Crippen LogP contribution in [0, 0.1) is 11.8 Å². The minimum absolute atomic E-state index is 0.0160. The smallest absolute Gasteiger partial charge is 0.326 e. The molecular weight excluding hydrogens is 869 g/mol. The lowest BCUT2D eigenvalue weighted by atomic mass is 9.85. The molecule has 380 valence electrons. The third-order valence-corrected chi connectivity index (χ3v) is 14.7. The summed E-state index contributed by atoms with van der Waals surface area (Å²) in [6, 6.07) is 4.59. The molecule has 4 N–H and O–H groups in total. The van der Waals surface area contributed by atoms with E-state index in [-0.39, 0.29) is 42.9 Å². The number of rotatable bonds is 39. The van der Waals surface area contributed by atoms with E-state index in [1.54, 1.807) is 0 Å². The lowest BCUT2D eigenvalue weighted by molar-refractivity contribution is -0.157. The van der Waals surface area contributed by atoms with Gasteiger partial charge in [0.2, 0.25) is 5.91 Å². The average molecular weight is 957 g/mol. The van der Waals surface area contributed by atoms with Crippen molar-refractivity contribution < 1.29 is 48.5 Å². The largest absolute Gasteiger partial charge is 0.481 e. The molecule has 2 fully saturated rings. The van der Waals surface area contributed by atoms with E-state index in [4.69, 9.17) is 14.6 Å². The highest BCUT2D eigenvalue weighted by Gasteiger charge is 2.22. The molecule has 2 atom stereocenters. The summed E-state index contributed by atoms with van der Waals surface area (Å²) in [7, 11) is 0. The van der Waals surface area contributed by atoms with Gasteiger partial charge in [-0.3, -0.25) is 24.0 Å². The number of unbranched alkanes of at least 4 members (excludes halogenated alkanes) is 16. The van der Waals surface area contributed by atoms with Gasteiger partial charge in [-0.25, -0.2) is 4.79 Å². The Bertz CT molecular complexity index is 1530. The molecule has 0 aromatic heterocycles. The number of hydrogen-bond acceptors (Lipinski definition) is 9. The van der Waals surface area contributed by atoms with Crippen molar-refractivity contribution in [1.29, 1.82) is 0 Å². The fourth-order valence-electron chi connectivity index (χ4n) is 9.53. The van der Waals surface area contributed by atoms with E-state index in [9.17, 15) is 33.9 Å². The van der Waals surface area contributed by atoms with Crippen molar-refractivity contribution >= 4 is 53.1 Å². The van der Waals surface area contributed by atoms with Crippen LogP contribution in [-0.2, 0) is 33.4 Å². The number of ether oxygens (including phenoxy) is 2. The first-order valence-corrected chi connectivity index (χ1v) is 27.8. The minimum atomic E-state index is -1.35. The van der Waals surface area contributed by atoms with Crippen molar-refractivity contribution in [2.75, 3.05) is 23.4 Å². The Labute approximate surface area is 407 Å². The van der Waals surface area contributed by atoms with Crippen LogP contribution in [0.5, 0.6) is 0 Å². The zero-order valence-corrected chi connectivity index (χ0v) is 41.9. The number of carboxylic acid groups (broad SMARTS) is 2. The highest BCUT2D eigenvalue weighted by molar-refractivity contribution is 7.99. The number of carboxylic acids is 2. The standard InChI is InChI=1S/C54H88N2O10S/c57-49(55-46-35-33-45(34-36-46)53(62)56-48(54(63)64)37-38-50(58)59)39-40-67-42-47(66-52(61)32-24-14-10-6-2-4-8-12-18-26-44-29-21-16-22-30-44)41-65-51(60)31-23-13-9-5-1-3-7-11-17-25-43-27-19-15-20-28-43/h33-36,43-44,47-48H,1-32,37-42H2,(H,55,57)(H,56,62)(H,58,59)(H,63,64). The van der Waals surface area contributed by atoms with Crippen LogP contribution in [0.4, 0.5) is 5.69 Å². The van der Waals surface area contributed by atoms with Crippen LogP contribution in [0.1, 0.15) is 235 Å². The molecule has 0 heterocycles. The number of hydrogen-bond donors (Lipinski definition) is 4. The molecule has 0 spiro atoms. The maximum atomic E-state index is 12.9. The number of esters is 2. The summed E-state index contributed by atoms with van der Waals surface area (Å²) in [4.78, 5) is 73.3. The first-order chi connectivity index (χ1) is 32.6. The van der Waals surface area contributed by atoms with Crippen molar-refractivity contribution in [3.05, 3.63) is 29.8 Å². The van der Waals surface area contributed by atoms with Gasteiger partial charge in [-0.1, -0.05) is 180 Å². The summed E-state index contributed by atoms with van der Waals surface area (Å²) in [6.07, 6.45) is 38.1. The van der Waals surface area contributed by atoms with Crippen LogP contribution in [-0.4, -0.2) is 76.2 Å². The van der Waals surface area contributed by atoms with Crippen LogP contribution in [0.2, 0.25) is 0 Å². The Morgan fingerprint density at radius 3 is 1.55 bits per heavy atom. The summed E-state index contributed by atoms with van der Waals surface area (Å²) in [6.45, 7) is -0.0160. The van der Waals surface area contributed by atoms with Gasteiger partial charge < -0.3 is 30.3 Å². The second kappa shape index (κ2) is 37.3. The van der Waals surface area contributed by atoms with E-state index in [0.29, 0.717) is 30.0 Å². The van der Waals surface area contributed by atoms with Crippen molar-refractivity contribution in [1.82, 2.24) is 5.32 Å². The zero-order chi connectivity index (χ0) is 48.2. The number of thioether (sulfide) groups is 1. The summed E-state index contributed by atoms with van der Waals surface area (Å²) >= 11 is 1.44. The topological polar surface area (TPSA) is 185 Å². The third-order valence-electron chi connectivity index (χ3n) is 13.6. The van der Waals surface area contributed by atoms with E-state index < -0.39 is 36.4 Å². The molecule has 1 aromatic rings. The van der Waals surface area contributed by atoms with E-state index in [1.807, 2.05) is 0 Å². The van der Waals surface area contributed by atoms with Gasteiger partial charge in [-0.05, 0) is 55.4 Å². The minimum Gasteiger partial charge on any atom is -0.481 e. The maximum Gasteiger partial charge on any atom is 0.326 e. The van der Waals surface area contributed by atoms with Gasteiger partial charge >= 0.3 is 23.9 Å². The van der Waals surface area contributed by atoms with Gasteiger partial charge in [-0.2, -0.15) is 11.8 Å². The lowest BCUT2D eigenvalue weighted by Gasteiger charge is -2.21. The molecule has 3 rings (SSSR count). The maximum absolute atomic E-state index is 12.9. The number of carbonyl (C=O) groups excluding carboxylic acids is 4. The molecule has 12 nitrogen and oxygen atoms in total. The molecule has 13 heteroatoms. The number of anilines is 1. The predicted octanol–water partition coefficient (Wildman–Crippen LogP) is 13.0. The van der Waals surface area contributed by atoms with Crippen molar-refractivity contribution in [2.24, 2.45) is 11.8 Å². The van der Waals surface area contributed by atoms with Crippen LogP contribution in [0.15, 0.2) is 24.3 Å². The van der Waals surface area contributed by atoms with Crippen LogP contribution >= 0.6 is 11.8 Å².